The van der Waals surface area contributed by atoms with Crippen LogP contribution in [0.4, 0.5) is 0 Å². The summed E-state index contributed by atoms with van der Waals surface area (Å²) in [6.45, 7) is 8.46. The minimum absolute atomic E-state index is 0.119. The smallest absolute Gasteiger partial charge is 0.0802 e. The maximum atomic E-state index is 5.62. The maximum Gasteiger partial charge on any atom is 0.0802 e. The molecule has 1 aromatic rings. The first-order chi connectivity index (χ1) is 8.56. The third-order valence-electron chi connectivity index (χ3n) is 4.41. The van der Waals surface area contributed by atoms with Crippen molar-refractivity contribution < 1.29 is 4.74 Å². The molecule has 0 saturated heterocycles. The van der Waals surface area contributed by atoms with Crippen LogP contribution in [0.3, 0.4) is 0 Å². The third kappa shape index (κ3) is 2.76. The lowest BCUT2D eigenvalue weighted by Gasteiger charge is -2.40. The molecule has 2 heteroatoms. The Morgan fingerprint density at radius 3 is 2.33 bits per heavy atom. The molecule has 1 aromatic carbocycles. The Morgan fingerprint density at radius 1 is 1.11 bits per heavy atom. The molecule has 1 N–H and O–H groups in total. The zero-order chi connectivity index (χ0) is 13.2. The fraction of sp³-hybridized carbons (Fsp3) is 0.625. The van der Waals surface area contributed by atoms with Gasteiger partial charge in [0.05, 0.1) is 5.60 Å². The Morgan fingerprint density at radius 2 is 1.78 bits per heavy atom. The van der Waals surface area contributed by atoms with Gasteiger partial charge in [-0.2, -0.15) is 0 Å². The number of benzene rings is 1. The van der Waals surface area contributed by atoms with Gasteiger partial charge in [0.2, 0.25) is 0 Å². The van der Waals surface area contributed by atoms with Crippen LogP contribution in [0, 0.1) is 20.8 Å². The lowest BCUT2D eigenvalue weighted by atomic mass is 9.80. The number of nitrogens with one attached hydrogen (secondary N) is 1. The van der Waals surface area contributed by atoms with Crippen molar-refractivity contribution in [1.82, 2.24) is 5.32 Å². The van der Waals surface area contributed by atoms with Crippen molar-refractivity contribution >= 4 is 0 Å². The molecule has 2 rings (SSSR count). The van der Waals surface area contributed by atoms with Gasteiger partial charge in [-0.1, -0.05) is 12.1 Å². The van der Waals surface area contributed by atoms with Crippen LogP contribution in [0.5, 0.6) is 0 Å². The normalized spacial score (nSPS) is 17.6. The average molecular weight is 247 g/mol. The van der Waals surface area contributed by atoms with Crippen molar-refractivity contribution in [2.75, 3.05) is 13.7 Å². The molecule has 0 atom stereocenters. The van der Waals surface area contributed by atoms with Crippen molar-refractivity contribution in [3.8, 4) is 0 Å². The monoisotopic (exact) mass is 247 g/mol. The van der Waals surface area contributed by atoms with Gasteiger partial charge in [-0.05, 0) is 62.3 Å². The highest BCUT2D eigenvalue weighted by atomic mass is 16.5. The van der Waals surface area contributed by atoms with Crippen LogP contribution < -0.4 is 5.32 Å². The van der Waals surface area contributed by atoms with Crippen molar-refractivity contribution in [2.45, 2.75) is 52.2 Å². The van der Waals surface area contributed by atoms with Gasteiger partial charge in [0.25, 0.3) is 0 Å². The largest absolute Gasteiger partial charge is 0.377 e. The second-order valence-electron chi connectivity index (χ2n) is 5.71. The molecule has 2 nitrogen and oxygen atoms in total. The van der Waals surface area contributed by atoms with Gasteiger partial charge in [-0.3, -0.25) is 0 Å². The molecule has 0 bridgehead atoms. The summed E-state index contributed by atoms with van der Waals surface area (Å²) in [4.78, 5) is 0. The lowest BCUT2D eigenvalue weighted by molar-refractivity contribution is -0.0695. The molecule has 0 heterocycles. The minimum atomic E-state index is 0.119. The van der Waals surface area contributed by atoms with Crippen molar-refractivity contribution in [1.29, 1.82) is 0 Å². The van der Waals surface area contributed by atoms with Crippen LogP contribution in [0.15, 0.2) is 12.1 Å². The van der Waals surface area contributed by atoms with Crippen molar-refractivity contribution in [2.24, 2.45) is 0 Å². The van der Waals surface area contributed by atoms with E-state index in [4.69, 9.17) is 4.74 Å². The van der Waals surface area contributed by atoms with E-state index in [0.29, 0.717) is 0 Å². The second kappa shape index (κ2) is 5.41. The highest BCUT2D eigenvalue weighted by Crippen LogP contribution is 2.34. The summed E-state index contributed by atoms with van der Waals surface area (Å²) < 4.78 is 5.62. The Hall–Kier alpha value is -0.860. The minimum Gasteiger partial charge on any atom is -0.377 e. The van der Waals surface area contributed by atoms with Crippen molar-refractivity contribution in [3.63, 3.8) is 0 Å². The SMILES string of the molecule is COC1(CNCc2cc(C)c(C)cc2C)CCC1. The first-order valence-corrected chi connectivity index (χ1v) is 6.89. The first kappa shape index (κ1) is 13.6. The standard InChI is InChI=1S/C16H25NO/c1-12-8-14(3)15(9-13(12)2)10-17-11-16(18-4)6-5-7-16/h8-9,17H,5-7,10-11H2,1-4H3. The summed E-state index contributed by atoms with van der Waals surface area (Å²) in [6, 6.07) is 4.58. The summed E-state index contributed by atoms with van der Waals surface area (Å²) in [5.74, 6) is 0. The predicted molar refractivity (Wildman–Crippen MR) is 76.0 cm³/mol. The Bertz CT molecular complexity index is 416. The number of methoxy groups -OCH3 is 1. The summed E-state index contributed by atoms with van der Waals surface area (Å²) >= 11 is 0. The zero-order valence-corrected chi connectivity index (χ0v) is 12.1. The zero-order valence-electron chi connectivity index (χ0n) is 12.1. The van der Waals surface area contributed by atoms with E-state index in [0.717, 1.165) is 13.1 Å². The van der Waals surface area contributed by atoms with Crippen LogP contribution in [0.2, 0.25) is 0 Å². The van der Waals surface area contributed by atoms with Gasteiger partial charge in [-0.25, -0.2) is 0 Å². The Kier molecular flexibility index (Phi) is 4.08. The molecule has 18 heavy (non-hydrogen) atoms. The van der Waals surface area contributed by atoms with E-state index >= 15 is 0 Å². The molecule has 1 saturated carbocycles. The molecule has 0 amide bonds. The first-order valence-electron chi connectivity index (χ1n) is 6.89. The fourth-order valence-electron chi connectivity index (χ4n) is 2.66. The molecule has 1 aliphatic carbocycles. The van der Waals surface area contributed by atoms with Crippen LogP contribution in [0.25, 0.3) is 0 Å². The predicted octanol–water partition coefficient (Wildman–Crippen LogP) is 3.27. The number of aryl methyl sites for hydroxylation is 3. The summed E-state index contributed by atoms with van der Waals surface area (Å²) in [5.41, 5.74) is 5.66. The van der Waals surface area contributed by atoms with E-state index in [1.165, 1.54) is 41.5 Å². The van der Waals surface area contributed by atoms with Crippen LogP contribution >= 0.6 is 0 Å². The van der Waals surface area contributed by atoms with Gasteiger partial charge >= 0.3 is 0 Å². The van der Waals surface area contributed by atoms with Crippen molar-refractivity contribution in [3.05, 3.63) is 34.4 Å². The highest BCUT2D eigenvalue weighted by Gasteiger charge is 2.36. The van der Waals surface area contributed by atoms with E-state index in [2.05, 4.69) is 38.2 Å². The van der Waals surface area contributed by atoms with Crippen LogP contribution in [-0.4, -0.2) is 19.3 Å². The highest BCUT2D eigenvalue weighted by molar-refractivity contribution is 5.36. The molecule has 0 spiro atoms. The molecule has 1 fully saturated rings. The second-order valence-corrected chi connectivity index (χ2v) is 5.71. The number of hydrogen-bond donors (Lipinski definition) is 1. The van der Waals surface area contributed by atoms with Crippen LogP contribution in [-0.2, 0) is 11.3 Å². The molecule has 1 aliphatic rings. The summed E-state index contributed by atoms with van der Waals surface area (Å²) in [6.07, 6.45) is 3.70. The van der Waals surface area contributed by atoms with Gasteiger partial charge in [0.1, 0.15) is 0 Å². The van der Waals surface area contributed by atoms with Gasteiger partial charge < -0.3 is 10.1 Å². The maximum absolute atomic E-state index is 5.62. The third-order valence-corrected chi connectivity index (χ3v) is 4.41. The fourth-order valence-corrected chi connectivity index (χ4v) is 2.66. The molecule has 0 unspecified atom stereocenters. The lowest BCUT2D eigenvalue weighted by Crippen LogP contribution is -2.47. The van der Waals surface area contributed by atoms with E-state index in [1.807, 2.05) is 7.11 Å². The number of hydrogen-bond acceptors (Lipinski definition) is 2. The van der Waals surface area contributed by atoms with Gasteiger partial charge in [0, 0.05) is 20.2 Å². The number of rotatable bonds is 5. The van der Waals surface area contributed by atoms with Crippen LogP contribution in [0.1, 0.15) is 41.5 Å². The molecule has 0 radical (unpaired) electrons. The Labute approximate surface area is 111 Å². The molecule has 0 aliphatic heterocycles. The van der Waals surface area contributed by atoms with Gasteiger partial charge in [-0.15, -0.1) is 0 Å². The summed E-state index contributed by atoms with van der Waals surface area (Å²) in [7, 11) is 1.84. The quantitative estimate of drug-likeness (QED) is 0.862. The van der Waals surface area contributed by atoms with E-state index in [9.17, 15) is 0 Å². The molecular weight excluding hydrogens is 222 g/mol. The molecular formula is C16H25NO. The summed E-state index contributed by atoms with van der Waals surface area (Å²) in [5, 5.41) is 3.56. The molecule has 0 aromatic heterocycles. The number of ether oxygens (including phenoxy) is 1. The molecule has 100 valence electrons. The van der Waals surface area contributed by atoms with E-state index < -0.39 is 0 Å². The Balaban J connectivity index is 1.92. The van der Waals surface area contributed by atoms with Gasteiger partial charge in [0.15, 0.2) is 0 Å². The van der Waals surface area contributed by atoms with E-state index in [1.54, 1.807) is 0 Å². The van der Waals surface area contributed by atoms with E-state index in [-0.39, 0.29) is 5.60 Å². The topological polar surface area (TPSA) is 21.3 Å². The average Bonchev–Trinajstić information content (AvgIpc) is 2.29.